The van der Waals surface area contributed by atoms with Crippen LogP contribution >= 0.6 is 0 Å². The predicted molar refractivity (Wildman–Crippen MR) is 68.6 cm³/mol. The van der Waals surface area contributed by atoms with Gasteiger partial charge >= 0.3 is 5.97 Å². The average Bonchev–Trinajstić information content (AvgIpc) is 3.16. The number of carbonyl (C=O) groups is 1. The summed E-state index contributed by atoms with van der Waals surface area (Å²) in [5.74, 6) is -0.406. The number of likely N-dealkylation sites (N-methyl/N-ethyl adjacent to an activating group) is 1. The van der Waals surface area contributed by atoms with E-state index in [1.54, 1.807) is 0 Å². The quantitative estimate of drug-likeness (QED) is 0.727. The number of hydrogen-bond donors (Lipinski definition) is 2. The van der Waals surface area contributed by atoms with E-state index in [2.05, 4.69) is 10.2 Å². The first-order valence-electron chi connectivity index (χ1n) is 6.97. The molecular weight excluding hydrogens is 232 g/mol. The summed E-state index contributed by atoms with van der Waals surface area (Å²) in [6.07, 6.45) is 3.06. The fourth-order valence-corrected chi connectivity index (χ4v) is 2.85. The van der Waals surface area contributed by atoms with Crippen LogP contribution in [0.4, 0.5) is 0 Å². The molecule has 1 saturated heterocycles. The molecule has 2 N–H and O–H groups in total. The highest BCUT2D eigenvalue weighted by Gasteiger charge is 2.51. The minimum Gasteiger partial charge on any atom is -0.480 e. The van der Waals surface area contributed by atoms with Crippen molar-refractivity contribution in [1.29, 1.82) is 0 Å². The standard InChI is InChI=1S/C13H24N2O3/c1-2-14-13(12(16)17,11-4-5-11)10-15-6-3-8-18-9-7-15/h11,14H,2-10H2,1H3,(H,16,17). The van der Waals surface area contributed by atoms with Crippen LogP contribution in [-0.4, -0.2) is 60.9 Å². The Labute approximate surface area is 108 Å². The molecule has 18 heavy (non-hydrogen) atoms. The van der Waals surface area contributed by atoms with Gasteiger partial charge in [-0.15, -0.1) is 0 Å². The van der Waals surface area contributed by atoms with Crippen LogP contribution < -0.4 is 5.32 Å². The minimum atomic E-state index is -0.751. The Morgan fingerprint density at radius 2 is 2.22 bits per heavy atom. The largest absolute Gasteiger partial charge is 0.480 e. The molecule has 1 aliphatic heterocycles. The van der Waals surface area contributed by atoms with Crippen molar-refractivity contribution in [2.75, 3.05) is 39.4 Å². The monoisotopic (exact) mass is 256 g/mol. The summed E-state index contributed by atoms with van der Waals surface area (Å²) in [7, 11) is 0. The highest BCUT2D eigenvalue weighted by Crippen LogP contribution is 2.40. The van der Waals surface area contributed by atoms with E-state index in [0.29, 0.717) is 25.6 Å². The molecule has 2 fully saturated rings. The maximum Gasteiger partial charge on any atom is 0.325 e. The molecule has 0 bridgehead atoms. The van der Waals surface area contributed by atoms with Gasteiger partial charge in [-0.1, -0.05) is 6.92 Å². The third kappa shape index (κ3) is 3.02. The smallest absolute Gasteiger partial charge is 0.325 e. The van der Waals surface area contributed by atoms with Crippen LogP contribution in [0.1, 0.15) is 26.2 Å². The van der Waals surface area contributed by atoms with E-state index in [9.17, 15) is 9.90 Å². The van der Waals surface area contributed by atoms with Gasteiger partial charge in [0.05, 0.1) is 6.61 Å². The zero-order chi connectivity index (χ0) is 13.0. The lowest BCUT2D eigenvalue weighted by molar-refractivity contribution is -0.147. The average molecular weight is 256 g/mol. The van der Waals surface area contributed by atoms with Crippen molar-refractivity contribution in [3.8, 4) is 0 Å². The van der Waals surface area contributed by atoms with E-state index in [1.165, 1.54) is 0 Å². The highest BCUT2D eigenvalue weighted by molar-refractivity contribution is 5.80. The summed E-state index contributed by atoms with van der Waals surface area (Å²) in [4.78, 5) is 14.0. The van der Waals surface area contributed by atoms with Crippen LogP contribution in [0.25, 0.3) is 0 Å². The number of rotatable bonds is 6. The zero-order valence-corrected chi connectivity index (χ0v) is 11.2. The number of carboxylic acids is 1. The van der Waals surface area contributed by atoms with Crippen molar-refractivity contribution in [3.05, 3.63) is 0 Å². The molecule has 5 nitrogen and oxygen atoms in total. The number of nitrogens with one attached hydrogen (secondary N) is 1. The molecule has 0 spiro atoms. The van der Waals surface area contributed by atoms with Crippen molar-refractivity contribution in [2.24, 2.45) is 5.92 Å². The molecule has 1 unspecified atom stereocenters. The Morgan fingerprint density at radius 1 is 1.44 bits per heavy atom. The summed E-state index contributed by atoms with van der Waals surface area (Å²) in [6.45, 7) is 6.57. The van der Waals surface area contributed by atoms with Crippen molar-refractivity contribution in [3.63, 3.8) is 0 Å². The zero-order valence-electron chi connectivity index (χ0n) is 11.2. The van der Waals surface area contributed by atoms with Crippen LogP contribution in [0.3, 0.4) is 0 Å². The van der Waals surface area contributed by atoms with Crippen LogP contribution in [-0.2, 0) is 9.53 Å². The highest BCUT2D eigenvalue weighted by atomic mass is 16.5. The molecular formula is C13H24N2O3. The molecule has 1 saturated carbocycles. The molecule has 2 rings (SSSR count). The van der Waals surface area contributed by atoms with Gasteiger partial charge in [0.15, 0.2) is 0 Å². The first-order chi connectivity index (χ1) is 8.69. The maximum absolute atomic E-state index is 11.7. The lowest BCUT2D eigenvalue weighted by atomic mass is 9.92. The van der Waals surface area contributed by atoms with E-state index in [1.807, 2.05) is 6.92 Å². The van der Waals surface area contributed by atoms with Gasteiger partial charge in [-0.05, 0) is 31.7 Å². The van der Waals surface area contributed by atoms with Gasteiger partial charge in [0.2, 0.25) is 0 Å². The Morgan fingerprint density at radius 3 is 2.83 bits per heavy atom. The van der Waals surface area contributed by atoms with Crippen molar-refractivity contribution in [2.45, 2.75) is 31.7 Å². The van der Waals surface area contributed by atoms with Gasteiger partial charge in [-0.3, -0.25) is 9.69 Å². The first kappa shape index (κ1) is 13.8. The third-order valence-electron chi connectivity index (χ3n) is 3.94. The number of aliphatic carboxylic acids is 1. The van der Waals surface area contributed by atoms with Gasteiger partial charge in [-0.25, -0.2) is 0 Å². The number of carboxylic acid groups (broad SMARTS) is 1. The molecule has 5 heteroatoms. The lowest BCUT2D eigenvalue weighted by Gasteiger charge is -2.35. The predicted octanol–water partition coefficient (Wildman–Crippen LogP) is 0.552. The van der Waals surface area contributed by atoms with Gasteiger partial charge in [0.1, 0.15) is 5.54 Å². The fourth-order valence-electron chi connectivity index (χ4n) is 2.85. The van der Waals surface area contributed by atoms with Crippen LogP contribution in [0, 0.1) is 5.92 Å². The van der Waals surface area contributed by atoms with Gasteiger partial charge < -0.3 is 15.2 Å². The third-order valence-corrected chi connectivity index (χ3v) is 3.94. The number of ether oxygens (including phenoxy) is 1. The molecule has 0 aromatic carbocycles. The Bertz CT molecular complexity index is 286. The van der Waals surface area contributed by atoms with E-state index in [0.717, 1.165) is 39.0 Å². The molecule has 0 aromatic heterocycles. The molecule has 1 atom stereocenters. The Kier molecular flexibility index (Phi) is 4.59. The second-order valence-electron chi connectivity index (χ2n) is 5.32. The van der Waals surface area contributed by atoms with Crippen LogP contribution in [0.15, 0.2) is 0 Å². The van der Waals surface area contributed by atoms with Crippen LogP contribution in [0.5, 0.6) is 0 Å². The summed E-state index contributed by atoms with van der Waals surface area (Å²) in [6, 6.07) is 0. The molecule has 2 aliphatic rings. The maximum atomic E-state index is 11.7. The van der Waals surface area contributed by atoms with E-state index < -0.39 is 11.5 Å². The summed E-state index contributed by atoms with van der Waals surface area (Å²) in [5, 5.41) is 12.9. The minimum absolute atomic E-state index is 0.291. The molecule has 0 radical (unpaired) electrons. The lowest BCUT2D eigenvalue weighted by Crippen LogP contribution is -2.61. The fraction of sp³-hybridized carbons (Fsp3) is 0.923. The van der Waals surface area contributed by atoms with Gasteiger partial charge in [0.25, 0.3) is 0 Å². The second-order valence-corrected chi connectivity index (χ2v) is 5.32. The van der Waals surface area contributed by atoms with Gasteiger partial charge in [0, 0.05) is 26.2 Å². The summed E-state index contributed by atoms with van der Waals surface area (Å²) >= 11 is 0. The number of nitrogens with zero attached hydrogens (tertiary/aromatic N) is 1. The summed E-state index contributed by atoms with van der Waals surface area (Å²) < 4.78 is 5.43. The molecule has 104 valence electrons. The summed E-state index contributed by atoms with van der Waals surface area (Å²) in [5.41, 5.74) is -0.751. The molecule has 1 aliphatic carbocycles. The van der Waals surface area contributed by atoms with Crippen molar-refractivity contribution >= 4 is 5.97 Å². The Balaban J connectivity index is 2.05. The normalized spacial score (nSPS) is 25.4. The molecule has 1 heterocycles. The van der Waals surface area contributed by atoms with Gasteiger partial charge in [-0.2, -0.15) is 0 Å². The van der Waals surface area contributed by atoms with E-state index >= 15 is 0 Å². The molecule has 0 amide bonds. The van der Waals surface area contributed by atoms with Crippen molar-refractivity contribution < 1.29 is 14.6 Å². The number of hydrogen-bond acceptors (Lipinski definition) is 4. The topological polar surface area (TPSA) is 61.8 Å². The van der Waals surface area contributed by atoms with Crippen LogP contribution in [0.2, 0.25) is 0 Å². The molecule has 0 aromatic rings. The first-order valence-corrected chi connectivity index (χ1v) is 6.97. The van der Waals surface area contributed by atoms with E-state index in [4.69, 9.17) is 4.74 Å². The van der Waals surface area contributed by atoms with Crippen molar-refractivity contribution in [1.82, 2.24) is 10.2 Å². The van der Waals surface area contributed by atoms with E-state index in [-0.39, 0.29) is 0 Å². The second kappa shape index (κ2) is 5.99. The SMILES string of the molecule is CCNC(CN1CCCOCC1)(C(=O)O)C1CC1. The Hall–Kier alpha value is -0.650.